The first kappa shape index (κ1) is 20.0. The average molecular weight is 519 g/mol. The predicted molar refractivity (Wildman–Crippen MR) is 120 cm³/mol. The van der Waals surface area contributed by atoms with Gasteiger partial charge in [0.2, 0.25) is 11.8 Å². The summed E-state index contributed by atoms with van der Waals surface area (Å²) < 4.78 is 22.5. The Bertz CT molecular complexity index is 1320. The maximum atomic E-state index is 14.1. The van der Waals surface area contributed by atoms with Crippen LogP contribution in [0.4, 0.5) is 16.0 Å². The Labute approximate surface area is 183 Å². The molecule has 0 aliphatic carbocycles. The molecule has 0 radical (unpaired) electrons. The first-order chi connectivity index (χ1) is 14.3. The van der Waals surface area contributed by atoms with Crippen molar-refractivity contribution >= 4 is 45.1 Å². The molecule has 10 heteroatoms. The van der Waals surface area contributed by atoms with Crippen molar-refractivity contribution in [2.75, 3.05) is 12.8 Å². The number of hydrogen-bond acceptors (Lipinski definition) is 6. The molecule has 0 amide bonds. The van der Waals surface area contributed by atoms with Gasteiger partial charge in [0.1, 0.15) is 5.75 Å². The van der Waals surface area contributed by atoms with Gasteiger partial charge in [-0.25, -0.2) is 9.97 Å². The fraction of sp³-hybridized carbons (Fsp3) is 0.100. The van der Waals surface area contributed by atoms with Gasteiger partial charge in [-0.15, -0.1) is 0 Å². The van der Waals surface area contributed by atoms with Gasteiger partial charge in [0.15, 0.2) is 0 Å². The highest BCUT2D eigenvalue weighted by molar-refractivity contribution is 14.1. The zero-order chi connectivity index (χ0) is 21.6. The average Bonchev–Trinajstić information content (AvgIpc) is 3.03. The molecule has 0 aliphatic heterocycles. The number of hydrogen-bond donors (Lipinski definition) is 1. The number of nitrogens with zero attached hydrogens (tertiary/aromatic N) is 4. The van der Waals surface area contributed by atoms with Crippen LogP contribution >= 0.6 is 22.6 Å². The summed E-state index contributed by atoms with van der Waals surface area (Å²) >= 11 is 2.24. The maximum absolute atomic E-state index is 14.1. The van der Waals surface area contributed by atoms with Crippen LogP contribution in [0, 0.1) is 19.5 Å². The second kappa shape index (κ2) is 7.52. The van der Waals surface area contributed by atoms with Crippen molar-refractivity contribution in [3.63, 3.8) is 0 Å². The highest BCUT2D eigenvalue weighted by Crippen LogP contribution is 2.41. The smallest absolute Gasteiger partial charge is 0.305 e. The minimum absolute atomic E-state index is 0.0480. The van der Waals surface area contributed by atoms with Crippen molar-refractivity contribution in [1.29, 1.82) is 0 Å². The van der Waals surface area contributed by atoms with Gasteiger partial charge in [-0.05, 0) is 34.7 Å². The number of nitro groups is 1. The molecule has 0 spiro atoms. The van der Waals surface area contributed by atoms with Crippen molar-refractivity contribution in [2.45, 2.75) is 0 Å². The van der Waals surface area contributed by atoms with E-state index in [1.165, 1.54) is 13.3 Å². The molecular formula is C20H15FIN5O3. The maximum Gasteiger partial charge on any atom is 0.305 e. The van der Waals surface area contributed by atoms with Crippen LogP contribution in [0.1, 0.15) is 0 Å². The van der Waals surface area contributed by atoms with Crippen LogP contribution in [0.25, 0.3) is 33.3 Å². The Balaban J connectivity index is 2.05. The molecule has 0 bridgehead atoms. The SMILES string of the molecule is COc1cc(F)c([N+](=O)[O-])cc1-c1cnc(N)nc1-c1cn(C)c2cc(I)ccc12. The summed E-state index contributed by atoms with van der Waals surface area (Å²) in [6.07, 6.45) is 3.36. The molecule has 2 aromatic carbocycles. The molecule has 0 unspecified atom stereocenters. The van der Waals surface area contributed by atoms with E-state index in [4.69, 9.17) is 10.5 Å². The van der Waals surface area contributed by atoms with Crippen molar-refractivity contribution in [3.05, 3.63) is 62.2 Å². The largest absolute Gasteiger partial charge is 0.496 e. The fourth-order valence-electron chi connectivity index (χ4n) is 3.41. The number of benzene rings is 2. The van der Waals surface area contributed by atoms with Gasteiger partial charge in [-0.1, -0.05) is 6.07 Å². The van der Waals surface area contributed by atoms with Gasteiger partial charge >= 0.3 is 5.69 Å². The first-order valence-electron chi connectivity index (χ1n) is 8.70. The second-order valence-corrected chi connectivity index (χ2v) is 7.81. The molecule has 2 aromatic heterocycles. The van der Waals surface area contributed by atoms with E-state index >= 15 is 0 Å². The number of rotatable bonds is 4. The third-order valence-electron chi connectivity index (χ3n) is 4.77. The normalized spacial score (nSPS) is 11.1. The van der Waals surface area contributed by atoms with E-state index in [0.717, 1.165) is 32.2 Å². The Morgan fingerprint density at radius 2 is 2.00 bits per heavy atom. The van der Waals surface area contributed by atoms with Gasteiger partial charge in [0.25, 0.3) is 0 Å². The number of aryl methyl sites for hydroxylation is 1. The summed E-state index contributed by atoms with van der Waals surface area (Å²) in [6, 6.07) is 8.09. The lowest BCUT2D eigenvalue weighted by atomic mass is 9.99. The van der Waals surface area contributed by atoms with Gasteiger partial charge in [0.05, 0.1) is 17.7 Å². The number of halogens is 2. The summed E-state index contributed by atoms with van der Waals surface area (Å²) in [5.74, 6) is -0.812. The van der Waals surface area contributed by atoms with E-state index in [1.807, 2.05) is 36.0 Å². The third-order valence-corrected chi connectivity index (χ3v) is 5.44. The van der Waals surface area contributed by atoms with Crippen molar-refractivity contribution in [2.24, 2.45) is 7.05 Å². The molecule has 0 aliphatic rings. The molecule has 2 heterocycles. The first-order valence-corrected chi connectivity index (χ1v) is 9.77. The van der Waals surface area contributed by atoms with Crippen molar-refractivity contribution < 1.29 is 14.1 Å². The quantitative estimate of drug-likeness (QED) is 0.241. The Morgan fingerprint density at radius 1 is 1.23 bits per heavy atom. The molecule has 0 saturated heterocycles. The van der Waals surface area contributed by atoms with E-state index in [-0.39, 0.29) is 11.7 Å². The minimum Gasteiger partial charge on any atom is -0.496 e. The van der Waals surface area contributed by atoms with Crippen LogP contribution in [0.3, 0.4) is 0 Å². The summed E-state index contributed by atoms with van der Waals surface area (Å²) in [6.45, 7) is 0. The number of ether oxygens (including phenoxy) is 1. The lowest BCUT2D eigenvalue weighted by Gasteiger charge is -2.13. The van der Waals surface area contributed by atoms with Crippen molar-refractivity contribution in [1.82, 2.24) is 14.5 Å². The number of nitro benzene ring substituents is 1. The summed E-state index contributed by atoms with van der Waals surface area (Å²) in [7, 11) is 3.28. The summed E-state index contributed by atoms with van der Waals surface area (Å²) in [4.78, 5) is 19.0. The molecule has 4 rings (SSSR count). The molecule has 0 atom stereocenters. The standard InChI is InChI=1S/C20H15FIN5O3/c1-26-9-14(11-4-3-10(22)5-16(11)26)19-13(8-24-20(23)25-19)12-6-17(27(28)29)15(21)7-18(12)30-2/h3-9H,1-2H3,(H2,23,24,25). The van der Waals surface area contributed by atoms with Crippen LogP contribution < -0.4 is 10.5 Å². The van der Waals surface area contributed by atoms with Crippen LogP contribution in [0.2, 0.25) is 0 Å². The number of fused-ring (bicyclic) bond motifs is 1. The van der Waals surface area contributed by atoms with Gasteiger partial charge in [0, 0.05) is 62.7 Å². The van der Waals surface area contributed by atoms with E-state index < -0.39 is 16.4 Å². The zero-order valence-corrected chi connectivity index (χ0v) is 18.0. The monoisotopic (exact) mass is 519 g/mol. The molecular weight excluding hydrogens is 504 g/mol. The molecule has 30 heavy (non-hydrogen) atoms. The third kappa shape index (κ3) is 3.32. The van der Waals surface area contributed by atoms with E-state index in [9.17, 15) is 14.5 Å². The second-order valence-electron chi connectivity index (χ2n) is 6.57. The highest BCUT2D eigenvalue weighted by atomic mass is 127. The van der Waals surface area contributed by atoms with Crippen LogP contribution in [0.5, 0.6) is 5.75 Å². The van der Waals surface area contributed by atoms with Crippen LogP contribution in [0.15, 0.2) is 42.7 Å². The predicted octanol–water partition coefficient (Wildman–Crippen LogP) is 4.55. The summed E-state index contributed by atoms with van der Waals surface area (Å²) in [5, 5.41) is 12.2. The van der Waals surface area contributed by atoms with Crippen LogP contribution in [-0.2, 0) is 7.05 Å². The van der Waals surface area contributed by atoms with Gasteiger partial charge in [-0.2, -0.15) is 4.39 Å². The van der Waals surface area contributed by atoms with E-state index in [2.05, 4.69) is 32.6 Å². The molecule has 8 nitrogen and oxygen atoms in total. The Hall–Kier alpha value is -3.28. The zero-order valence-electron chi connectivity index (χ0n) is 15.9. The molecule has 4 aromatic rings. The summed E-state index contributed by atoms with van der Waals surface area (Å²) in [5.41, 5.74) is 8.15. The lowest BCUT2D eigenvalue weighted by Crippen LogP contribution is -2.01. The Morgan fingerprint density at radius 3 is 2.70 bits per heavy atom. The topological polar surface area (TPSA) is 109 Å². The van der Waals surface area contributed by atoms with E-state index in [1.54, 1.807) is 0 Å². The molecule has 0 saturated carbocycles. The molecule has 152 valence electrons. The van der Waals surface area contributed by atoms with Gasteiger partial charge < -0.3 is 15.0 Å². The minimum atomic E-state index is -0.988. The van der Waals surface area contributed by atoms with E-state index in [0.29, 0.717) is 16.8 Å². The number of anilines is 1. The fourth-order valence-corrected chi connectivity index (χ4v) is 3.88. The lowest BCUT2D eigenvalue weighted by molar-refractivity contribution is -0.387. The number of nitrogen functional groups attached to an aromatic ring is 1. The van der Waals surface area contributed by atoms with Crippen molar-refractivity contribution in [3.8, 4) is 28.1 Å². The number of methoxy groups -OCH3 is 1. The number of aromatic nitrogens is 3. The molecule has 2 N–H and O–H groups in total. The molecule has 0 fully saturated rings. The van der Waals surface area contributed by atoms with Gasteiger partial charge in [-0.3, -0.25) is 10.1 Å². The highest BCUT2D eigenvalue weighted by Gasteiger charge is 2.24. The number of nitrogens with two attached hydrogens (primary N) is 1. The van der Waals surface area contributed by atoms with Crippen LogP contribution in [-0.4, -0.2) is 26.6 Å². The Kier molecular flexibility index (Phi) is 5.02.